The predicted octanol–water partition coefficient (Wildman–Crippen LogP) is 0.165. The molecule has 23 heavy (non-hydrogen) atoms. The molecule has 0 unspecified atom stereocenters. The maximum absolute atomic E-state index is 12.1. The molecular weight excluding hydrogens is 322 g/mol. The average Bonchev–Trinajstić information content (AvgIpc) is 3.06. The number of benzene rings is 1. The molecule has 0 spiro atoms. The standard InChI is InChI=1S/C12H13N7O3S/c1-23(21,22)17-10-5-19(18-16-10)6-11(20)15-9-4-2-3-8-12(9)14-7-13-8/h2-5,7,17H,6H2,1H3,(H,13,14)(H,15,20). The minimum Gasteiger partial charge on any atom is -0.345 e. The first kappa shape index (κ1) is 15.0. The van der Waals surface area contributed by atoms with Gasteiger partial charge in [-0.1, -0.05) is 11.3 Å². The summed E-state index contributed by atoms with van der Waals surface area (Å²) in [5.41, 5.74) is 2.03. The van der Waals surface area contributed by atoms with Crippen LogP contribution in [0, 0.1) is 0 Å². The summed E-state index contributed by atoms with van der Waals surface area (Å²) in [7, 11) is -3.44. The minimum atomic E-state index is -3.44. The third kappa shape index (κ3) is 3.63. The molecule has 1 amide bonds. The molecule has 3 N–H and O–H groups in total. The van der Waals surface area contributed by atoms with Crippen LogP contribution in [0.25, 0.3) is 11.0 Å². The van der Waals surface area contributed by atoms with Gasteiger partial charge in [-0.05, 0) is 12.1 Å². The van der Waals surface area contributed by atoms with Gasteiger partial charge in [0.2, 0.25) is 15.9 Å². The van der Waals surface area contributed by atoms with E-state index in [1.807, 2.05) is 6.07 Å². The van der Waals surface area contributed by atoms with Gasteiger partial charge in [0.15, 0.2) is 5.82 Å². The Morgan fingerprint density at radius 2 is 2.22 bits per heavy atom. The number of nitrogens with one attached hydrogen (secondary N) is 3. The monoisotopic (exact) mass is 335 g/mol. The summed E-state index contributed by atoms with van der Waals surface area (Å²) in [6, 6.07) is 5.37. The number of H-pyrrole nitrogens is 1. The van der Waals surface area contributed by atoms with Gasteiger partial charge in [-0.2, -0.15) is 0 Å². The van der Waals surface area contributed by atoms with Crippen molar-refractivity contribution in [2.45, 2.75) is 6.54 Å². The first-order valence-corrected chi connectivity index (χ1v) is 8.40. The number of hydrogen-bond donors (Lipinski definition) is 3. The van der Waals surface area contributed by atoms with Gasteiger partial charge in [-0.25, -0.2) is 18.1 Å². The summed E-state index contributed by atoms with van der Waals surface area (Å²) in [6.07, 6.45) is 3.87. The molecule has 0 saturated heterocycles. The number of aromatic nitrogens is 5. The minimum absolute atomic E-state index is 0.0507. The molecule has 3 aromatic rings. The lowest BCUT2D eigenvalue weighted by molar-refractivity contribution is -0.116. The molecule has 0 aliphatic rings. The Morgan fingerprint density at radius 3 is 3.00 bits per heavy atom. The maximum atomic E-state index is 12.1. The van der Waals surface area contributed by atoms with Crippen LogP contribution in [0.15, 0.2) is 30.7 Å². The second kappa shape index (κ2) is 5.68. The molecule has 0 saturated carbocycles. The summed E-state index contributed by atoms with van der Waals surface area (Å²) in [5, 5.41) is 10.0. The lowest BCUT2D eigenvalue weighted by Gasteiger charge is -2.05. The number of hydrogen-bond acceptors (Lipinski definition) is 6. The van der Waals surface area contributed by atoms with Crippen LogP contribution in [-0.2, 0) is 21.4 Å². The van der Waals surface area contributed by atoms with Crippen molar-refractivity contribution in [3.05, 3.63) is 30.7 Å². The third-order valence-corrected chi connectivity index (χ3v) is 3.44. The van der Waals surface area contributed by atoms with Gasteiger partial charge < -0.3 is 10.3 Å². The number of para-hydroxylation sites is 1. The van der Waals surface area contributed by atoms with E-state index in [1.54, 1.807) is 18.5 Å². The maximum Gasteiger partial charge on any atom is 0.246 e. The number of nitrogens with zero attached hydrogens (tertiary/aromatic N) is 4. The highest BCUT2D eigenvalue weighted by Crippen LogP contribution is 2.19. The summed E-state index contributed by atoms with van der Waals surface area (Å²) in [5.74, 6) is -0.286. The largest absolute Gasteiger partial charge is 0.345 e. The molecule has 1 aromatic carbocycles. The van der Waals surface area contributed by atoms with E-state index < -0.39 is 10.0 Å². The Bertz CT molecular complexity index is 960. The molecular formula is C12H13N7O3S. The van der Waals surface area contributed by atoms with Crippen molar-refractivity contribution in [2.75, 3.05) is 16.3 Å². The third-order valence-electron chi connectivity index (χ3n) is 2.86. The van der Waals surface area contributed by atoms with E-state index in [9.17, 15) is 13.2 Å². The number of rotatable bonds is 5. The van der Waals surface area contributed by atoms with Crippen LogP contribution in [0.1, 0.15) is 0 Å². The van der Waals surface area contributed by atoms with E-state index in [0.717, 1.165) is 11.8 Å². The molecule has 0 aliphatic carbocycles. The highest BCUT2D eigenvalue weighted by molar-refractivity contribution is 7.92. The molecule has 2 heterocycles. The Hall–Kier alpha value is -2.95. The second-order valence-corrected chi connectivity index (χ2v) is 6.58. The lowest BCUT2D eigenvalue weighted by atomic mass is 10.2. The number of sulfonamides is 1. The van der Waals surface area contributed by atoms with E-state index in [0.29, 0.717) is 11.2 Å². The number of carbonyl (C=O) groups is 1. The van der Waals surface area contributed by atoms with Crippen LogP contribution in [0.2, 0.25) is 0 Å². The van der Waals surface area contributed by atoms with Gasteiger partial charge in [0.25, 0.3) is 0 Å². The fourth-order valence-corrected chi connectivity index (χ4v) is 2.49. The van der Waals surface area contributed by atoms with Crippen molar-refractivity contribution in [1.29, 1.82) is 0 Å². The normalized spacial score (nSPS) is 11.5. The fraction of sp³-hybridized carbons (Fsp3) is 0.167. The van der Waals surface area contributed by atoms with Crippen molar-refractivity contribution >= 4 is 38.5 Å². The van der Waals surface area contributed by atoms with Gasteiger partial charge in [-0.3, -0.25) is 9.52 Å². The van der Waals surface area contributed by atoms with Crippen molar-refractivity contribution in [3.8, 4) is 0 Å². The number of fused-ring (bicyclic) bond motifs is 1. The molecule has 2 aromatic heterocycles. The molecule has 11 heteroatoms. The molecule has 0 fully saturated rings. The summed E-state index contributed by atoms with van der Waals surface area (Å²) in [4.78, 5) is 19.2. The Kier molecular flexibility index (Phi) is 3.70. The van der Waals surface area contributed by atoms with E-state index in [4.69, 9.17) is 0 Å². The van der Waals surface area contributed by atoms with E-state index in [-0.39, 0.29) is 18.3 Å². The molecule has 3 rings (SSSR count). The van der Waals surface area contributed by atoms with Crippen LogP contribution >= 0.6 is 0 Å². The van der Waals surface area contributed by atoms with Crippen molar-refractivity contribution < 1.29 is 13.2 Å². The van der Waals surface area contributed by atoms with Crippen LogP contribution < -0.4 is 10.0 Å². The molecule has 10 nitrogen and oxygen atoms in total. The zero-order chi connectivity index (χ0) is 16.4. The average molecular weight is 335 g/mol. The predicted molar refractivity (Wildman–Crippen MR) is 83.2 cm³/mol. The molecule has 0 bridgehead atoms. The summed E-state index contributed by atoms with van der Waals surface area (Å²) < 4.78 is 25.6. The van der Waals surface area contributed by atoms with Crippen LogP contribution in [0.3, 0.4) is 0 Å². The second-order valence-electron chi connectivity index (χ2n) is 4.83. The fourth-order valence-electron chi connectivity index (χ4n) is 2.02. The van der Waals surface area contributed by atoms with Crippen molar-refractivity contribution in [3.63, 3.8) is 0 Å². The lowest BCUT2D eigenvalue weighted by Crippen LogP contribution is -2.19. The number of imidazole rings is 1. The first-order chi connectivity index (χ1) is 10.9. The summed E-state index contributed by atoms with van der Waals surface area (Å²) >= 11 is 0. The Morgan fingerprint density at radius 1 is 1.39 bits per heavy atom. The van der Waals surface area contributed by atoms with E-state index in [2.05, 4.69) is 30.3 Å². The highest BCUT2D eigenvalue weighted by atomic mass is 32.2. The van der Waals surface area contributed by atoms with Gasteiger partial charge in [0.05, 0.1) is 30.0 Å². The quantitative estimate of drug-likeness (QED) is 0.608. The highest BCUT2D eigenvalue weighted by Gasteiger charge is 2.11. The molecule has 0 aliphatic heterocycles. The van der Waals surface area contributed by atoms with Gasteiger partial charge in [-0.15, -0.1) is 5.10 Å². The number of amides is 1. The number of anilines is 2. The molecule has 0 atom stereocenters. The van der Waals surface area contributed by atoms with Crippen LogP contribution in [0.5, 0.6) is 0 Å². The smallest absolute Gasteiger partial charge is 0.246 e. The molecule has 0 radical (unpaired) electrons. The van der Waals surface area contributed by atoms with E-state index >= 15 is 0 Å². The topological polar surface area (TPSA) is 135 Å². The van der Waals surface area contributed by atoms with Crippen LogP contribution in [-0.4, -0.2) is 45.5 Å². The van der Waals surface area contributed by atoms with Gasteiger partial charge in [0, 0.05) is 0 Å². The Balaban J connectivity index is 1.69. The van der Waals surface area contributed by atoms with Gasteiger partial charge in [0.1, 0.15) is 12.1 Å². The van der Waals surface area contributed by atoms with Crippen molar-refractivity contribution in [2.24, 2.45) is 0 Å². The first-order valence-electron chi connectivity index (χ1n) is 6.50. The summed E-state index contributed by atoms with van der Waals surface area (Å²) in [6.45, 7) is -0.112. The van der Waals surface area contributed by atoms with Crippen molar-refractivity contribution in [1.82, 2.24) is 25.0 Å². The van der Waals surface area contributed by atoms with Crippen LogP contribution in [0.4, 0.5) is 11.5 Å². The van der Waals surface area contributed by atoms with Gasteiger partial charge >= 0.3 is 0 Å². The number of carbonyl (C=O) groups excluding carboxylic acids is 1. The number of aromatic amines is 1. The van der Waals surface area contributed by atoms with E-state index in [1.165, 1.54) is 10.9 Å². The SMILES string of the molecule is CS(=O)(=O)Nc1cn(CC(=O)Nc2cccc3[nH]cnc23)nn1. The Labute approximate surface area is 131 Å². The zero-order valence-electron chi connectivity index (χ0n) is 12.0. The zero-order valence-corrected chi connectivity index (χ0v) is 12.8. The molecule has 120 valence electrons.